The van der Waals surface area contributed by atoms with Crippen LogP contribution in [0.5, 0.6) is 0 Å². The molecule has 0 unspecified atom stereocenters. The predicted octanol–water partition coefficient (Wildman–Crippen LogP) is 5.43. The Kier molecular flexibility index (Phi) is 5.15. The molecule has 2 aliphatic carbocycles. The van der Waals surface area contributed by atoms with Crippen molar-refractivity contribution in [3.8, 4) is 0 Å². The van der Waals surface area contributed by atoms with Crippen LogP contribution in [0.25, 0.3) is 0 Å². The minimum Gasteiger partial charge on any atom is -0.348 e. The smallest absolute Gasteiger partial charge is 0.190 e. The van der Waals surface area contributed by atoms with Crippen LogP contribution in [-0.4, -0.2) is 19.0 Å². The van der Waals surface area contributed by atoms with Crippen LogP contribution in [0.15, 0.2) is 60.7 Å². The first kappa shape index (κ1) is 17.8. The van der Waals surface area contributed by atoms with E-state index in [9.17, 15) is 0 Å². The van der Waals surface area contributed by atoms with E-state index in [4.69, 9.17) is 9.47 Å². The van der Waals surface area contributed by atoms with Crippen molar-refractivity contribution in [2.75, 3.05) is 13.2 Å². The van der Waals surface area contributed by atoms with Crippen molar-refractivity contribution < 1.29 is 9.47 Å². The lowest BCUT2D eigenvalue weighted by molar-refractivity contribution is -0.200. The molecule has 0 saturated heterocycles. The van der Waals surface area contributed by atoms with E-state index < -0.39 is 5.79 Å². The Morgan fingerprint density at radius 1 is 0.731 bits per heavy atom. The third kappa shape index (κ3) is 2.80. The van der Waals surface area contributed by atoms with Crippen LogP contribution in [0.3, 0.4) is 0 Å². The predicted molar refractivity (Wildman–Crippen MR) is 104 cm³/mol. The summed E-state index contributed by atoms with van der Waals surface area (Å²) < 4.78 is 13.0. The van der Waals surface area contributed by atoms with Crippen molar-refractivity contribution in [1.82, 2.24) is 0 Å². The summed E-state index contributed by atoms with van der Waals surface area (Å²) in [4.78, 5) is 0. The van der Waals surface area contributed by atoms with Gasteiger partial charge in [0.05, 0.1) is 11.8 Å². The fraction of sp³-hybridized carbons (Fsp3) is 0.417. The highest BCUT2D eigenvalue weighted by Gasteiger charge is 2.64. The van der Waals surface area contributed by atoms with Gasteiger partial charge in [-0.3, -0.25) is 0 Å². The van der Waals surface area contributed by atoms with Gasteiger partial charge in [0.1, 0.15) is 0 Å². The zero-order chi connectivity index (χ0) is 18.0. The summed E-state index contributed by atoms with van der Waals surface area (Å²) in [5, 5.41) is 0. The number of hydrogen-bond donors (Lipinski definition) is 0. The van der Waals surface area contributed by atoms with E-state index >= 15 is 0 Å². The SMILES string of the molecule is CCOC1(OCC)[C](c2ccccc2)[C@H]2CCC[C@H]2[C]1c1ccccc1. The number of hydrogen-bond acceptors (Lipinski definition) is 2. The van der Waals surface area contributed by atoms with Gasteiger partial charge >= 0.3 is 0 Å². The lowest BCUT2D eigenvalue weighted by atomic mass is 9.82. The van der Waals surface area contributed by atoms with Crippen molar-refractivity contribution in [3.63, 3.8) is 0 Å². The molecule has 0 spiro atoms. The standard InChI is InChI=1S/C24H28O2/c1-3-25-24(26-4-2)22(18-12-7-5-8-13-18)20-16-11-17-21(20)23(24)19-14-9-6-10-15-19/h5-10,12-15,20-21H,3-4,11,16-17H2,1-2H3/t20-,21+. The summed E-state index contributed by atoms with van der Waals surface area (Å²) in [6, 6.07) is 21.5. The number of benzene rings is 2. The van der Waals surface area contributed by atoms with E-state index in [1.165, 1.54) is 42.2 Å². The van der Waals surface area contributed by atoms with Gasteiger partial charge in [0.2, 0.25) is 0 Å². The zero-order valence-corrected chi connectivity index (χ0v) is 15.8. The van der Waals surface area contributed by atoms with Crippen molar-refractivity contribution >= 4 is 0 Å². The van der Waals surface area contributed by atoms with Gasteiger partial charge < -0.3 is 9.47 Å². The minimum atomic E-state index is -0.734. The van der Waals surface area contributed by atoms with E-state index in [-0.39, 0.29) is 0 Å². The summed E-state index contributed by atoms with van der Waals surface area (Å²) in [7, 11) is 0. The molecule has 2 heteroatoms. The molecule has 2 aromatic rings. The normalized spacial score (nSPS) is 25.5. The van der Waals surface area contributed by atoms with Gasteiger partial charge in [-0.2, -0.15) is 0 Å². The Morgan fingerprint density at radius 3 is 1.54 bits per heavy atom. The maximum atomic E-state index is 6.51. The van der Waals surface area contributed by atoms with Crippen molar-refractivity contribution in [2.24, 2.45) is 11.8 Å². The van der Waals surface area contributed by atoms with Gasteiger partial charge in [-0.1, -0.05) is 67.1 Å². The summed E-state index contributed by atoms with van der Waals surface area (Å²) in [5.74, 6) is 2.95. The van der Waals surface area contributed by atoms with Crippen LogP contribution in [0.4, 0.5) is 0 Å². The number of fused-ring (bicyclic) bond motifs is 1. The Morgan fingerprint density at radius 2 is 1.15 bits per heavy atom. The maximum Gasteiger partial charge on any atom is 0.190 e. The van der Waals surface area contributed by atoms with Gasteiger partial charge in [0.15, 0.2) is 5.79 Å². The van der Waals surface area contributed by atoms with Crippen molar-refractivity contribution in [1.29, 1.82) is 0 Å². The second-order valence-corrected chi connectivity index (χ2v) is 7.19. The minimum absolute atomic E-state index is 0.505. The Balaban J connectivity index is 1.88. The van der Waals surface area contributed by atoms with Crippen LogP contribution in [0.2, 0.25) is 0 Å². The monoisotopic (exact) mass is 348 g/mol. The Labute approximate surface area is 157 Å². The molecule has 2 radical (unpaired) electrons. The van der Waals surface area contributed by atoms with Gasteiger partial charge in [-0.05, 0) is 49.7 Å². The van der Waals surface area contributed by atoms with Crippen LogP contribution < -0.4 is 0 Å². The molecule has 136 valence electrons. The van der Waals surface area contributed by atoms with Crippen molar-refractivity contribution in [2.45, 2.75) is 38.9 Å². The van der Waals surface area contributed by atoms with E-state index in [0.717, 1.165) is 0 Å². The van der Waals surface area contributed by atoms with E-state index in [1.54, 1.807) is 0 Å². The zero-order valence-electron chi connectivity index (χ0n) is 15.8. The van der Waals surface area contributed by atoms with E-state index in [2.05, 4.69) is 74.5 Å². The number of ether oxygens (including phenoxy) is 2. The maximum absolute atomic E-state index is 6.51. The van der Waals surface area contributed by atoms with E-state index in [1.807, 2.05) is 0 Å². The molecule has 2 aliphatic rings. The fourth-order valence-corrected chi connectivity index (χ4v) is 5.09. The second-order valence-electron chi connectivity index (χ2n) is 7.19. The third-order valence-electron chi connectivity index (χ3n) is 5.83. The second kappa shape index (κ2) is 7.54. The quantitative estimate of drug-likeness (QED) is 0.648. The summed E-state index contributed by atoms with van der Waals surface area (Å²) >= 11 is 0. The average Bonchev–Trinajstić information content (AvgIpc) is 3.22. The topological polar surface area (TPSA) is 18.5 Å². The van der Waals surface area contributed by atoms with Crippen LogP contribution in [-0.2, 0) is 9.47 Å². The highest BCUT2D eigenvalue weighted by Crippen LogP contribution is 2.63. The Hall–Kier alpha value is -1.64. The first-order valence-corrected chi connectivity index (χ1v) is 9.95. The lowest BCUT2D eigenvalue weighted by Gasteiger charge is -2.40. The van der Waals surface area contributed by atoms with E-state index in [0.29, 0.717) is 25.0 Å². The molecule has 2 aromatic carbocycles. The highest BCUT2D eigenvalue weighted by atomic mass is 16.7. The first-order valence-electron chi connectivity index (χ1n) is 9.95. The van der Waals surface area contributed by atoms with Gasteiger partial charge in [-0.25, -0.2) is 0 Å². The molecule has 0 aromatic heterocycles. The summed E-state index contributed by atoms with van der Waals surface area (Å²) in [6.07, 6.45) is 3.70. The molecule has 0 N–H and O–H groups in total. The lowest BCUT2D eigenvalue weighted by Crippen LogP contribution is -2.46. The molecular weight excluding hydrogens is 320 g/mol. The molecule has 0 aliphatic heterocycles. The molecule has 2 saturated carbocycles. The van der Waals surface area contributed by atoms with Gasteiger partial charge in [0, 0.05) is 13.2 Å². The molecule has 4 rings (SSSR count). The van der Waals surface area contributed by atoms with Crippen LogP contribution >= 0.6 is 0 Å². The fourth-order valence-electron chi connectivity index (χ4n) is 5.09. The molecule has 2 fully saturated rings. The molecule has 0 heterocycles. The first-order chi connectivity index (χ1) is 12.8. The molecule has 2 nitrogen and oxygen atoms in total. The summed E-state index contributed by atoms with van der Waals surface area (Å²) in [6.45, 7) is 5.40. The van der Waals surface area contributed by atoms with Crippen LogP contribution in [0, 0.1) is 23.7 Å². The average molecular weight is 348 g/mol. The van der Waals surface area contributed by atoms with Gasteiger partial charge in [-0.15, -0.1) is 0 Å². The van der Waals surface area contributed by atoms with Crippen LogP contribution in [0.1, 0.15) is 44.2 Å². The third-order valence-corrected chi connectivity index (χ3v) is 5.83. The van der Waals surface area contributed by atoms with Gasteiger partial charge in [0.25, 0.3) is 0 Å². The molecule has 0 amide bonds. The molecule has 26 heavy (non-hydrogen) atoms. The molecule has 0 bridgehead atoms. The Bertz CT molecular complexity index is 635. The highest BCUT2D eigenvalue weighted by molar-refractivity contribution is 5.53. The number of rotatable bonds is 6. The van der Waals surface area contributed by atoms with Crippen molar-refractivity contribution in [3.05, 3.63) is 83.6 Å². The summed E-state index contributed by atoms with van der Waals surface area (Å²) in [5.41, 5.74) is 2.52. The molecular formula is C24H28O2. The molecule has 2 atom stereocenters. The largest absolute Gasteiger partial charge is 0.348 e.